The molecule has 0 saturated heterocycles. The third-order valence-corrected chi connectivity index (χ3v) is 1.80. The Morgan fingerprint density at radius 1 is 1.06 bits per heavy atom. The van der Waals surface area contributed by atoms with Crippen LogP contribution in [0.2, 0.25) is 0 Å². The molecule has 0 atom stereocenters. The van der Waals surface area contributed by atoms with E-state index in [0.29, 0.717) is 0 Å². The molecule has 1 aromatic rings. The molecule has 0 spiro atoms. The van der Waals surface area contributed by atoms with Gasteiger partial charge < -0.3 is 15.3 Å². The summed E-state index contributed by atoms with van der Waals surface area (Å²) in [6, 6.07) is 9.52. The van der Waals surface area contributed by atoms with Crippen molar-refractivity contribution in [1.29, 1.82) is 0 Å². The van der Waals surface area contributed by atoms with Crippen molar-refractivity contribution in [3.05, 3.63) is 35.9 Å². The molecule has 16 heavy (non-hydrogen) atoms. The predicted molar refractivity (Wildman–Crippen MR) is 60.0 cm³/mol. The molecule has 1 rings (SSSR count). The first-order valence-electron chi connectivity index (χ1n) is 4.89. The maximum absolute atomic E-state index is 8.54. The van der Waals surface area contributed by atoms with Crippen LogP contribution < -0.4 is 0 Å². The molecule has 0 amide bonds. The molecule has 0 aliphatic heterocycles. The van der Waals surface area contributed by atoms with Crippen molar-refractivity contribution in [2.45, 2.75) is 33.7 Å². The molecule has 0 saturated carbocycles. The average molecular weight is 313 g/mol. The average Bonchev–Trinajstić information content (AvgIpc) is 2.18. The molecule has 0 aliphatic rings. The van der Waals surface area contributed by atoms with Gasteiger partial charge in [0.2, 0.25) is 0 Å². The smallest absolute Gasteiger partial charge is 0.156 e. The number of benzene rings is 1. The van der Waals surface area contributed by atoms with E-state index in [1.165, 1.54) is 0 Å². The zero-order chi connectivity index (χ0) is 11.9. The van der Waals surface area contributed by atoms with Crippen LogP contribution in [0.3, 0.4) is 0 Å². The summed E-state index contributed by atoms with van der Waals surface area (Å²) in [6.45, 7) is 5.42. The number of aliphatic hydroxyl groups is 3. The van der Waals surface area contributed by atoms with E-state index in [2.05, 4.69) is 0 Å². The van der Waals surface area contributed by atoms with E-state index in [0.717, 1.165) is 5.56 Å². The van der Waals surface area contributed by atoms with Gasteiger partial charge >= 0.3 is 0 Å². The predicted octanol–water partition coefficient (Wildman–Crippen LogP) is 1.52. The fourth-order valence-corrected chi connectivity index (χ4v) is 0.583. The summed E-state index contributed by atoms with van der Waals surface area (Å²) in [7, 11) is 0. The molecule has 0 bridgehead atoms. The summed E-state index contributed by atoms with van der Waals surface area (Å²) in [5.74, 6) is 0. The van der Waals surface area contributed by atoms with Gasteiger partial charge in [-0.2, -0.15) is 0 Å². The van der Waals surface area contributed by atoms with Gasteiger partial charge in [-0.25, -0.2) is 0 Å². The van der Waals surface area contributed by atoms with E-state index in [1.54, 1.807) is 20.8 Å². The molecule has 0 aromatic heterocycles. The van der Waals surface area contributed by atoms with Gasteiger partial charge in [0.25, 0.3) is 0 Å². The minimum atomic E-state index is -1.20. The molecule has 0 fully saturated rings. The van der Waals surface area contributed by atoms with Crippen molar-refractivity contribution in [3.8, 4) is 0 Å². The van der Waals surface area contributed by atoms with E-state index in [-0.39, 0.29) is 31.5 Å². The first-order valence-corrected chi connectivity index (χ1v) is 4.89. The largest absolute Gasteiger partial charge is 0.392 e. The fraction of sp³-hybridized carbons (Fsp3) is 0.500. The van der Waals surface area contributed by atoms with Crippen LogP contribution >= 0.6 is 0 Å². The van der Waals surface area contributed by atoms with Crippen LogP contribution in [0.5, 0.6) is 0 Å². The van der Waals surface area contributed by atoms with E-state index < -0.39 is 6.29 Å². The third kappa shape index (κ3) is 8.99. The van der Waals surface area contributed by atoms with Crippen molar-refractivity contribution >= 4 is 0 Å². The Hall–Kier alpha value is -0.277. The van der Waals surface area contributed by atoms with Gasteiger partial charge in [0.1, 0.15) is 0 Å². The number of aliphatic hydroxyl groups excluding tert-OH is 2. The topological polar surface area (TPSA) is 60.7 Å². The van der Waals surface area contributed by atoms with Crippen LogP contribution in [-0.4, -0.2) is 21.6 Å². The second-order valence-electron chi connectivity index (χ2n) is 4.38. The Kier molecular flexibility index (Phi) is 9.99. The molecule has 3 N–H and O–H groups in total. The second-order valence-corrected chi connectivity index (χ2v) is 4.38. The normalized spacial score (nSPS) is 10.2. The molecule has 1 aromatic carbocycles. The van der Waals surface area contributed by atoms with Crippen LogP contribution in [0.15, 0.2) is 30.3 Å². The van der Waals surface area contributed by atoms with Crippen LogP contribution in [-0.2, 0) is 26.1 Å². The summed E-state index contributed by atoms with van der Waals surface area (Å²) in [4.78, 5) is 0. The third-order valence-electron chi connectivity index (χ3n) is 1.80. The molecule has 94 valence electrons. The first-order chi connectivity index (χ1) is 6.88. The van der Waals surface area contributed by atoms with Crippen LogP contribution in [0.1, 0.15) is 26.3 Å². The van der Waals surface area contributed by atoms with Crippen LogP contribution in [0, 0.1) is 5.41 Å². The summed E-state index contributed by atoms with van der Waals surface area (Å²) >= 11 is 0. The van der Waals surface area contributed by atoms with Crippen molar-refractivity contribution in [3.63, 3.8) is 0 Å². The molecule has 0 heterocycles. The van der Waals surface area contributed by atoms with Gasteiger partial charge in [-0.15, -0.1) is 0 Å². The minimum absolute atomic E-state index is 0. The van der Waals surface area contributed by atoms with Gasteiger partial charge in [-0.3, -0.25) is 0 Å². The number of rotatable bonds is 1. The minimum Gasteiger partial charge on any atom is -0.392 e. The van der Waals surface area contributed by atoms with Crippen LogP contribution in [0.4, 0.5) is 0 Å². The van der Waals surface area contributed by atoms with E-state index in [1.807, 2.05) is 30.3 Å². The molecular weight excluding hydrogens is 293 g/mol. The maximum Gasteiger partial charge on any atom is 0.156 e. The molecule has 0 radical (unpaired) electrons. The summed E-state index contributed by atoms with van der Waals surface area (Å²) in [5, 5.41) is 25.4. The summed E-state index contributed by atoms with van der Waals surface area (Å²) in [5.41, 5.74) is 0.576. The van der Waals surface area contributed by atoms with Gasteiger partial charge in [0, 0.05) is 24.9 Å². The molecule has 0 aliphatic carbocycles. The van der Waals surface area contributed by atoms with Gasteiger partial charge in [-0.05, 0) is 5.56 Å². The fourth-order valence-electron chi connectivity index (χ4n) is 0.583. The monoisotopic (exact) mass is 314 g/mol. The van der Waals surface area contributed by atoms with Crippen LogP contribution in [0.25, 0.3) is 0 Å². The van der Waals surface area contributed by atoms with E-state index in [9.17, 15) is 0 Å². The number of hydrogen-bond donors (Lipinski definition) is 3. The van der Waals surface area contributed by atoms with Gasteiger partial charge in [0.05, 0.1) is 6.61 Å². The first kappa shape index (κ1) is 18.1. The Morgan fingerprint density at radius 3 is 1.62 bits per heavy atom. The summed E-state index contributed by atoms with van der Waals surface area (Å²) in [6.07, 6.45) is -1.20. The molecule has 3 nitrogen and oxygen atoms in total. The zero-order valence-electron chi connectivity index (χ0n) is 9.87. The van der Waals surface area contributed by atoms with E-state index >= 15 is 0 Å². The molecule has 0 unspecified atom stereocenters. The Labute approximate surface area is 110 Å². The Morgan fingerprint density at radius 2 is 1.44 bits per heavy atom. The molecular formula is C12H20O3Ru. The maximum atomic E-state index is 8.54. The van der Waals surface area contributed by atoms with E-state index in [4.69, 9.17) is 15.3 Å². The Bertz CT molecular complexity index is 255. The SMILES string of the molecule is CC(C)(C)C(O)O.OCc1ccccc1.[Ru]. The van der Waals surface area contributed by atoms with Gasteiger partial charge in [-0.1, -0.05) is 51.1 Å². The van der Waals surface area contributed by atoms with Crippen molar-refractivity contribution in [2.75, 3.05) is 0 Å². The van der Waals surface area contributed by atoms with Crippen molar-refractivity contribution in [2.24, 2.45) is 5.41 Å². The molecule has 4 heteroatoms. The number of hydrogen-bond acceptors (Lipinski definition) is 3. The van der Waals surface area contributed by atoms with Crippen molar-refractivity contribution in [1.82, 2.24) is 0 Å². The standard InChI is InChI=1S/C7H8O.C5H12O2.Ru/c8-6-7-4-2-1-3-5-7;1-5(2,3)4(6)7;/h1-5,8H,6H2;4,6-7H,1-3H3;. The summed E-state index contributed by atoms with van der Waals surface area (Å²) < 4.78 is 0. The van der Waals surface area contributed by atoms with Crippen molar-refractivity contribution < 1.29 is 34.8 Å². The second kappa shape index (κ2) is 8.83. The quantitative estimate of drug-likeness (QED) is 0.544. The zero-order valence-corrected chi connectivity index (χ0v) is 11.6. The van der Waals surface area contributed by atoms with Gasteiger partial charge in [0.15, 0.2) is 6.29 Å². The Balaban J connectivity index is 0.